The summed E-state index contributed by atoms with van der Waals surface area (Å²) in [5, 5.41) is 9.18. The van der Waals surface area contributed by atoms with Gasteiger partial charge in [-0.05, 0) is 33.3 Å². The molecule has 1 heterocycles. The van der Waals surface area contributed by atoms with Crippen LogP contribution >= 0.6 is 0 Å². The number of hydrogen-bond donors (Lipinski definition) is 1. The smallest absolute Gasteiger partial charge is 0.309 e. The van der Waals surface area contributed by atoms with E-state index >= 15 is 0 Å². The van der Waals surface area contributed by atoms with Crippen LogP contribution in [0.5, 0.6) is 5.88 Å². The van der Waals surface area contributed by atoms with Gasteiger partial charge in [-0.1, -0.05) is 36.4 Å². The molecule has 1 aromatic heterocycles. The maximum absolute atomic E-state index is 11.2. The number of carbonyl (C=O) groups is 1. The molecule has 0 bridgehead atoms. The van der Waals surface area contributed by atoms with Gasteiger partial charge in [0.25, 0.3) is 0 Å². The summed E-state index contributed by atoms with van der Waals surface area (Å²) in [5.74, 6) is -0.316. The van der Waals surface area contributed by atoms with Gasteiger partial charge in [-0.25, -0.2) is 4.98 Å². The molecule has 0 fully saturated rings. The lowest BCUT2D eigenvalue weighted by Gasteiger charge is -2.23. The van der Waals surface area contributed by atoms with E-state index in [2.05, 4.69) is 4.98 Å². The summed E-state index contributed by atoms with van der Waals surface area (Å²) in [6, 6.07) is 15.5. The van der Waals surface area contributed by atoms with Gasteiger partial charge in [0.2, 0.25) is 5.88 Å². The highest BCUT2D eigenvalue weighted by Crippen LogP contribution is 2.25. The summed E-state index contributed by atoms with van der Waals surface area (Å²) in [6.45, 7) is 5.26. The van der Waals surface area contributed by atoms with Gasteiger partial charge in [0, 0.05) is 11.6 Å². The second-order valence-corrected chi connectivity index (χ2v) is 6.05. The van der Waals surface area contributed by atoms with Crippen LogP contribution in [-0.2, 0) is 4.79 Å². The maximum atomic E-state index is 11.2. The summed E-state index contributed by atoms with van der Waals surface area (Å²) in [7, 11) is 0. The number of nitrogens with zero attached hydrogens (tertiary/aromatic N) is 1. The van der Waals surface area contributed by atoms with Crippen LogP contribution in [0, 0.1) is 5.41 Å². The number of benzene rings is 1. The highest BCUT2D eigenvalue weighted by atomic mass is 16.5. The fourth-order valence-corrected chi connectivity index (χ4v) is 2.30. The van der Waals surface area contributed by atoms with Gasteiger partial charge >= 0.3 is 5.97 Å². The monoisotopic (exact) mass is 299 g/mol. The summed E-state index contributed by atoms with van der Waals surface area (Å²) in [6.07, 6.45) is 0.184. The SMILES string of the molecule is CC(CC(C)(C)C(=O)O)Oc1cccc(-c2ccccc2)n1. The largest absolute Gasteiger partial charge is 0.481 e. The summed E-state index contributed by atoms with van der Waals surface area (Å²) in [4.78, 5) is 15.7. The first-order valence-corrected chi connectivity index (χ1v) is 7.31. The highest BCUT2D eigenvalue weighted by molar-refractivity contribution is 5.73. The van der Waals surface area contributed by atoms with Gasteiger partial charge in [-0.15, -0.1) is 0 Å². The Morgan fingerprint density at radius 1 is 1.18 bits per heavy atom. The lowest BCUT2D eigenvalue weighted by Crippen LogP contribution is -2.30. The fraction of sp³-hybridized carbons (Fsp3) is 0.333. The molecule has 116 valence electrons. The Hall–Kier alpha value is -2.36. The average Bonchev–Trinajstić information content (AvgIpc) is 2.47. The van der Waals surface area contributed by atoms with E-state index in [1.54, 1.807) is 19.9 Å². The number of aliphatic carboxylic acids is 1. The third-order valence-corrected chi connectivity index (χ3v) is 3.49. The van der Waals surface area contributed by atoms with Crippen molar-refractivity contribution in [1.82, 2.24) is 4.98 Å². The fourth-order valence-electron chi connectivity index (χ4n) is 2.30. The molecule has 0 aliphatic rings. The van der Waals surface area contributed by atoms with Gasteiger partial charge in [-0.2, -0.15) is 0 Å². The summed E-state index contributed by atoms with van der Waals surface area (Å²) < 4.78 is 5.79. The molecule has 4 heteroatoms. The van der Waals surface area contributed by atoms with Gasteiger partial charge in [0.1, 0.15) is 0 Å². The number of pyridine rings is 1. The molecule has 0 saturated heterocycles. The van der Waals surface area contributed by atoms with E-state index in [9.17, 15) is 9.90 Å². The Morgan fingerprint density at radius 3 is 2.50 bits per heavy atom. The average molecular weight is 299 g/mol. The Labute approximate surface area is 130 Å². The van der Waals surface area contributed by atoms with Crippen molar-refractivity contribution in [2.75, 3.05) is 0 Å². The van der Waals surface area contributed by atoms with E-state index in [4.69, 9.17) is 4.74 Å². The molecule has 1 aromatic carbocycles. The molecule has 0 amide bonds. The molecule has 1 N–H and O–H groups in total. The van der Waals surface area contributed by atoms with E-state index in [0.717, 1.165) is 11.3 Å². The zero-order valence-corrected chi connectivity index (χ0v) is 13.1. The molecular formula is C18H21NO3. The van der Waals surface area contributed by atoms with E-state index in [1.165, 1.54) is 0 Å². The first-order chi connectivity index (χ1) is 10.4. The molecule has 0 aliphatic heterocycles. The van der Waals surface area contributed by atoms with Crippen LogP contribution < -0.4 is 4.74 Å². The first-order valence-electron chi connectivity index (χ1n) is 7.31. The normalized spacial score (nSPS) is 12.7. The molecule has 1 unspecified atom stereocenters. The number of rotatable bonds is 6. The maximum Gasteiger partial charge on any atom is 0.309 e. The molecule has 1 atom stereocenters. The Balaban J connectivity index is 2.09. The number of hydrogen-bond acceptors (Lipinski definition) is 3. The standard InChI is InChI=1S/C18H21NO3/c1-13(12-18(2,3)17(20)21)22-16-11-7-10-15(19-16)14-8-5-4-6-9-14/h4-11,13H,12H2,1-3H3,(H,20,21). The second kappa shape index (κ2) is 6.60. The van der Waals surface area contributed by atoms with Crippen molar-refractivity contribution in [3.63, 3.8) is 0 Å². The minimum absolute atomic E-state index is 0.232. The zero-order valence-electron chi connectivity index (χ0n) is 13.1. The number of ether oxygens (including phenoxy) is 1. The molecule has 0 radical (unpaired) electrons. The van der Waals surface area contributed by atoms with Gasteiger partial charge in [0.15, 0.2) is 0 Å². The molecule has 22 heavy (non-hydrogen) atoms. The van der Waals surface area contributed by atoms with Gasteiger partial charge < -0.3 is 9.84 Å². The third kappa shape index (κ3) is 4.07. The van der Waals surface area contributed by atoms with Crippen molar-refractivity contribution >= 4 is 5.97 Å². The quantitative estimate of drug-likeness (QED) is 0.875. The van der Waals surface area contributed by atoms with Crippen LogP contribution in [0.4, 0.5) is 0 Å². The number of aromatic nitrogens is 1. The molecule has 0 saturated carbocycles. The van der Waals surface area contributed by atoms with Crippen LogP contribution in [0.15, 0.2) is 48.5 Å². The molecular weight excluding hydrogens is 278 g/mol. The van der Waals surface area contributed by atoms with Crippen molar-refractivity contribution in [1.29, 1.82) is 0 Å². The van der Waals surface area contributed by atoms with E-state index in [0.29, 0.717) is 12.3 Å². The van der Waals surface area contributed by atoms with Crippen LogP contribution in [-0.4, -0.2) is 22.2 Å². The highest BCUT2D eigenvalue weighted by Gasteiger charge is 2.30. The lowest BCUT2D eigenvalue weighted by atomic mass is 9.87. The van der Waals surface area contributed by atoms with Crippen LogP contribution in [0.1, 0.15) is 27.2 Å². The summed E-state index contributed by atoms with van der Waals surface area (Å²) >= 11 is 0. The van der Waals surface area contributed by atoms with E-state index in [-0.39, 0.29) is 6.10 Å². The molecule has 2 aromatic rings. The third-order valence-electron chi connectivity index (χ3n) is 3.49. The molecule has 2 rings (SSSR count). The van der Waals surface area contributed by atoms with Crippen molar-refractivity contribution < 1.29 is 14.6 Å². The number of carboxylic acids is 1. The molecule has 4 nitrogen and oxygen atoms in total. The Kier molecular flexibility index (Phi) is 4.81. The van der Waals surface area contributed by atoms with Crippen LogP contribution in [0.25, 0.3) is 11.3 Å². The van der Waals surface area contributed by atoms with Crippen molar-refractivity contribution in [2.24, 2.45) is 5.41 Å². The van der Waals surface area contributed by atoms with Crippen molar-refractivity contribution in [3.05, 3.63) is 48.5 Å². The molecule has 0 spiro atoms. The predicted molar refractivity (Wildman–Crippen MR) is 85.8 cm³/mol. The van der Waals surface area contributed by atoms with E-state index < -0.39 is 11.4 Å². The Morgan fingerprint density at radius 2 is 1.86 bits per heavy atom. The number of carboxylic acid groups (broad SMARTS) is 1. The topological polar surface area (TPSA) is 59.4 Å². The van der Waals surface area contributed by atoms with Crippen LogP contribution in [0.3, 0.4) is 0 Å². The second-order valence-electron chi connectivity index (χ2n) is 6.05. The predicted octanol–water partition coefficient (Wildman–Crippen LogP) is 4.02. The molecule has 0 aliphatic carbocycles. The Bertz CT molecular complexity index is 638. The zero-order chi connectivity index (χ0) is 16.2. The first kappa shape index (κ1) is 16.0. The van der Waals surface area contributed by atoms with Gasteiger partial charge in [-0.3, -0.25) is 4.79 Å². The van der Waals surface area contributed by atoms with Gasteiger partial charge in [0.05, 0.1) is 17.2 Å². The lowest BCUT2D eigenvalue weighted by molar-refractivity contribution is -0.148. The summed E-state index contributed by atoms with van der Waals surface area (Å²) in [5.41, 5.74) is 1.03. The minimum atomic E-state index is -0.825. The minimum Gasteiger partial charge on any atom is -0.481 e. The van der Waals surface area contributed by atoms with Crippen molar-refractivity contribution in [2.45, 2.75) is 33.3 Å². The van der Waals surface area contributed by atoms with Crippen LogP contribution in [0.2, 0.25) is 0 Å². The van der Waals surface area contributed by atoms with Crippen molar-refractivity contribution in [3.8, 4) is 17.1 Å². The van der Waals surface area contributed by atoms with E-state index in [1.807, 2.05) is 49.4 Å².